The van der Waals surface area contributed by atoms with Gasteiger partial charge in [-0.05, 0) is 42.3 Å². The van der Waals surface area contributed by atoms with Gasteiger partial charge >= 0.3 is 0 Å². The van der Waals surface area contributed by atoms with Crippen LogP contribution in [0.4, 0.5) is 0 Å². The molecule has 1 heterocycles. The number of hydrogen-bond acceptors (Lipinski definition) is 4. The lowest BCUT2D eigenvalue weighted by atomic mass is 10.1. The third-order valence-corrected chi connectivity index (χ3v) is 3.77. The zero-order valence-corrected chi connectivity index (χ0v) is 13.2. The fourth-order valence-electron chi connectivity index (χ4n) is 2.54. The molecule has 0 atom stereocenters. The van der Waals surface area contributed by atoms with Crippen LogP contribution in [0.2, 0.25) is 0 Å². The second kappa shape index (κ2) is 6.62. The second-order valence-electron chi connectivity index (χ2n) is 5.42. The Balaban J connectivity index is 1.98. The number of aryl methyl sites for hydroxylation is 1. The summed E-state index contributed by atoms with van der Waals surface area (Å²) in [6.45, 7) is 1.91. The quantitative estimate of drug-likeness (QED) is 0.787. The summed E-state index contributed by atoms with van der Waals surface area (Å²) in [5, 5.41) is 17.9. The summed E-state index contributed by atoms with van der Waals surface area (Å²) in [7, 11) is 1.65. The van der Waals surface area contributed by atoms with Crippen LogP contribution in [0.25, 0.3) is 5.69 Å². The average Bonchev–Trinajstić information content (AvgIpc) is 2.98. The van der Waals surface area contributed by atoms with E-state index in [2.05, 4.69) is 10.3 Å². The monoisotopic (exact) mass is 309 g/mol. The summed E-state index contributed by atoms with van der Waals surface area (Å²) in [6, 6.07) is 15.9. The maximum Gasteiger partial charge on any atom is 0.118 e. The van der Waals surface area contributed by atoms with Gasteiger partial charge in [-0.3, -0.25) is 0 Å². The van der Waals surface area contributed by atoms with Gasteiger partial charge < -0.3 is 9.84 Å². The van der Waals surface area contributed by atoms with Crippen molar-refractivity contribution in [1.29, 1.82) is 0 Å². The van der Waals surface area contributed by atoms with E-state index in [-0.39, 0.29) is 6.61 Å². The van der Waals surface area contributed by atoms with Gasteiger partial charge in [0, 0.05) is 6.42 Å². The Morgan fingerprint density at radius 2 is 1.91 bits per heavy atom. The predicted molar refractivity (Wildman–Crippen MR) is 87.8 cm³/mol. The molecule has 2 aromatic carbocycles. The molecule has 1 N–H and O–H groups in total. The number of nitrogens with zero attached hydrogens (tertiary/aromatic N) is 3. The normalized spacial score (nSPS) is 10.7. The number of ether oxygens (including phenoxy) is 1. The molecule has 0 aliphatic carbocycles. The number of hydrogen-bond donors (Lipinski definition) is 1. The summed E-state index contributed by atoms with van der Waals surface area (Å²) in [6.07, 6.45) is 0.640. The van der Waals surface area contributed by atoms with Crippen molar-refractivity contribution in [2.75, 3.05) is 7.11 Å². The molecule has 0 unspecified atom stereocenters. The maximum absolute atomic E-state index is 9.56. The average molecular weight is 309 g/mol. The molecule has 0 saturated carbocycles. The molecule has 0 amide bonds. The van der Waals surface area contributed by atoms with Crippen molar-refractivity contribution >= 4 is 0 Å². The highest BCUT2D eigenvalue weighted by Gasteiger charge is 2.14. The van der Waals surface area contributed by atoms with Gasteiger partial charge in [-0.25, -0.2) is 4.68 Å². The Morgan fingerprint density at radius 1 is 1.13 bits per heavy atom. The van der Waals surface area contributed by atoms with E-state index in [4.69, 9.17) is 4.74 Å². The Labute approximate surface area is 135 Å². The third-order valence-electron chi connectivity index (χ3n) is 3.77. The van der Waals surface area contributed by atoms with Crippen molar-refractivity contribution in [2.24, 2.45) is 0 Å². The first kappa shape index (κ1) is 15.2. The first-order valence-electron chi connectivity index (χ1n) is 7.45. The number of rotatable bonds is 5. The summed E-state index contributed by atoms with van der Waals surface area (Å²) in [5.74, 6) is 0.821. The van der Waals surface area contributed by atoms with E-state index < -0.39 is 0 Å². The molecule has 5 nitrogen and oxygen atoms in total. The van der Waals surface area contributed by atoms with Gasteiger partial charge in [-0.2, -0.15) is 0 Å². The van der Waals surface area contributed by atoms with Crippen LogP contribution in [0.15, 0.2) is 48.5 Å². The lowest BCUT2D eigenvalue weighted by Gasteiger charge is -2.09. The zero-order chi connectivity index (χ0) is 16.2. The van der Waals surface area contributed by atoms with Gasteiger partial charge in [-0.1, -0.05) is 29.5 Å². The minimum absolute atomic E-state index is 0.128. The Morgan fingerprint density at radius 3 is 2.57 bits per heavy atom. The molecule has 0 saturated heterocycles. The highest BCUT2D eigenvalue weighted by atomic mass is 16.5. The molecule has 0 spiro atoms. The topological polar surface area (TPSA) is 60.2 Å². The molecule has 1 aromatic heterocycles. The number of aromatic nitrogens is 3. The van der Waals surface area contributed by atoms with Crippen LogP contribution in [0, 0.1) is 6.92 Å². The van der Waals surface area contributed by atoms with Crippen molar-refractivity contribution < 1.29 is 9.84 Å². The van der Waals surface area contributed by atoms with Gasteiger partial charge in [0.2, 0.25) is 0 Å². The highest BCUT2D eigenvalue weighted by Crippen LogP contribution is 2.20. The SMILES string of the molecule is COc1ccc(Cc2c(CO)nnn2-c2cccc(C)c2)cc1. The number of methoxy groups -OCH3 is 1. The smallest absolute Gasteiger partial charge is 0.118 e. The highest BCUT2D eigenvalue weighted by molar-refractivity contribution is 5.38. The molecule has 3 aromatic rings. The first-order chi connectivity index (χ1) is 11.2. The minimum atomic E-state index is -0.128. The predicted octanol–water partition coefficient (Wildman–Crippen LogP) is 2.67. The molecule has 0 aliphatic heterocycles. The molecule has 0 radical (unpaired) electrons. The largest absolute Gasteiger partial charge is 0.497 e. The molecule has 23 heavy (non-hydrogen) atoms. The molecular weight excluding hydrogens is 290 g/mol. The van der Waals surface area contributed by atoms with Crippen molar-refractivity contribution in [3.8, 4) is 11.4 Å². The maximum atomic E-state index is 9.56. The van der Waals surface area contributed by atoms with E-state index in [1.807, 2.05) is 55.5 Å². The van der Waals surface area contributed by atoms with Crippen molar-refractivity contribution in [3.63, 3.8) is 0 Å². The molecular formula is C18H19N3O2. The molecule has 3 rings (SSSR count). The second-order valence-corrected chi connectivity index (χ2v) is 5.42. The van der Waals surface area contributed by atoms with E-state index in [1.165, 1.54) is 0 Å². The summed E-state index contributed by atoms with van der Waals surface area (Å²) in [5.41, 5.74) is 4.70. The van der Waals surface area contributed by atoms with Gasteiger partial charge in [0.15, 0.2) is 0 Å². The minimum Gasteiger partial charge on any atom is -0.497 e. The molecule has 0 aliphatic rings. The van der Waals surface area contributed by atoms with Gasteiger partial charge in [0.05, 0.1) is 25.1 Å². The van der Waals surface area contributed by atoms with E-state index in [9.17, 15) is 5.11 Å². The molecule has 5 heteroatoms. The summed E-state index contributed by atoms with van der Waals surface area (Å²) < 4.78 is 6.98. The zero-order valence-electron chi connectivity index (χ0n) is 13.2. The van der Waals surface area contributed by atoms with Crippen LogP contribution in [0.3, 0.4) is 0 Å². The van der Waals surface area contributed by atoms with Crippen LogP contribution in [0.5, 0.6) is 5.75 Å². The van der Waals surface area contributed by atoms with E-state index in [0.717, 1.165) is 28.3 Å². The molecule has 0 bridgehead atoms. The number of aliphatic hydroxyl groups is 1. The van der Waals surface area contributed by atoms with Crippen molar-refractivity contribution in [3.05, 3.63) is 71.0 Å². The Hall–Kier alpha value is -2.66. The van der Waals surface area contributed by atoms with Crippen LogP contribution in [0.1, 0.15) is 22.5 Å². The summed E-state index contributed by atoms with van der Waals surface area (Å²) in [4.78, 5) is 0. The molecule has 118 valence electrons. The number of aliphatic hydroxyl groups excluding tert-OH is 1. The van der Waals surface area contributed by atoms with E-state index in [0.29, 0.717) is 12.1 Å². The first-order valence-corrected chi connectivity index (χ1v) is 7.45. The van der Waals surface area contributed by atoms with E-state index in [1.54, 1.807) is 11.8 Å². The fourth-order valence-corrected chi connectivity index (χ4v) is 2.54. The van der Waals surface area contributed by atoms with Crippen molar-refractivity contribution in [1.82, 2.24) is 15.0 Å². The number of benzene rings is 2. The van der Waals surface area contributed by atoms with Crippen LogP contribution < -0.4 is 4.74 Å². The van der Waals surface area contributed by atoms with Gasteiger partial charge in [0.1, 0.15) is 11.4 Å². The lowest BCUT2D eigenvalue weighted by molar-refractivity contribution is 0.275. The standard InChI is InChI=1S/C18H19N3O2/c1-13-4-3-5-15(10-13)21-18(17(12-22)19-20-21)11-14-6-8-16(23-2)9-7-14/h3-10,22H,11-12H2,1-2H3. The third kappa shape index (κ3) is 3.24. The fraction of sp³-hybridized carbons (Fsp3) is 0.222. The van der Waals surface area contributed by atoms with Crippen LogP contribution >= 0.6 is 0 Å². The Bertz CT molecular complexity index is 794. The van der Waals surface area contributed by atoms with Gasteiger partial charge in [-0.15, -0.1) is 5.10 Å². The lowest BCUT2D eigenvalue weighted by Crippen LogP contribution is -2.05. The summed E-state index contributed by atoms with van der Waals surface area (Å²) >= 11 is 0. The van der Waals surface area contributed by atoms with Crippen LogP contribution in [-0.2, 0) is 13.0 Å². The van der Waals surface area contributed by atoms with Crippen molar-refractivity contribution in [2.45, 2.75) is 20.0 Å². The van der Waals surface area contributed by atoms with Gasteiger partial charge in [0.25, 0.3) is 0 Å². The molecule has 0 fully saturated rings. The Kier molecular flexibility index (Phi) is 4.39. The van der Waals surface area contributed by atoms with Crippen LogP contribution in [-0.4, -0.2) is 27.2 Å². The van der Waals surface area contributed by atoms with E-state index >= 15 is 0 Å².